The van der Waals surface area contributed by atoms with Crippen LogP contribution in [0.15, 0.2) is 42.5 Å². The zero-order chi connectivity index (χ0) is 24.3. The third-order valence-corrected chi connectivity index (χ3v) is 6.57. The molecule has 5 rings (SSSR count). The van der Waals surface area contributed by atoms with Gasteiger partial charge in [-0.05, 0) is 35.7 Å². The molecule has 2 aromatic carbocycles. The summed E-state index contributed by atoms with van der Waals surface area (Å²) < 4.78 is 5.21. The molecule has 0 bridgehead atoms. The molecule has 3 aliphatic heterocycles. The number of carbonyl (C=O) groups is 5. The maximum Gasteiger partial charge on any atom is 0.322 e. The van der Waals surface area contributed by atoms with Crippen molar-refractivity contribution in [3.05, 3.63) is 64.7 Å². The van der Waals surface area contributed by atoms with Crippen molar-refractivity contribution in [2.75, 3.05) is 13.7 Å². The van der Waals surface area contributed by atoms with Crippen molar-refractivity contribution >= 4 is 29.8 Å². The zero-order valence-electron chi connectivity index (χ0n) is 18.4. The molecule has 0 aromatic heterocycles. The van der Waals surface area contributed by atoms with Gasteiger partial charge in [0.05, 0.1) is 13.7 Å². The highest BCUT2D eigenvalue weighted by molar-refractivity contribution is 6.09. The van der Waals surface area contributed by atoms with Crippen LogP contribution in [-0.2, 0) is 27.2 Å². The monoisotopic (exact) mass is 463 g/mol. The van der Waals surface area contributed by atoms with Crippen molar-refractivity contribution in [2.45, 2.75) is 24.5 Å². The maximum absolute atomic E-state index is 13.1. The first kappa shape index (κ1) is 21.4. The lowest BCUT2D eigenvalue weighted by Gasteiger charge is -2.32. The average molecular weight is 463 g/mol. The number of carbonyl (C=O) groups excluding carboxylic acids is 5. The summed E-state index contributed by atoms with van der Waals surface area (Å²) in [7, 11) is 1.51. The summed E-state index contributed by atoms with van der Waals surface area (Å²) in [4.78, 5) is 63.6. The van der Waals surface area contributed by atoms with Gasteiger partial charge in [-0.25, -0.2) is 9.59 Å². The largest absolute Gasteiger partial charge is 0.497 e. The van der Waals surface area contributed by atoms with E-state index < -0.39 is 35.0 Å². The van der Waals surface area contributed by atoms with E-state index in [0.717, 1.165) is 5.56 Å². The summed E-state index contributed by atoms with van der Waals surface area (Å²) in [5.41, 5.74) is -0.609. The number of benzene rings is 2. The fourth-order valence-electron chi connectivity index (χ4n) is 4.61. The Morgan fingerprint density at radius 1 is 0.882 bits per heavy atom. The number of urea groups is 2. The molecule has 0 radical (unpaired) electrons. The van der Waals surface area contributed by atoms with Crippen molar-refractivity contribution in [1.82, 2.24) is 26.2 Å². The fourth-order valence-corrected chi connectivity index (χ4v) is 4.61. The van der Waals surface area contributed by atoms with Gasteiger partial charge in [0.15, 0.2) is 5.54 Å². The topological polar surface area (TPSA) is 146 Å². The molecule has 174 valence electrons. The second-order valence-corrected chi connectivity index (χ2v) is 8.61. The third kappa shape index (κ3) is 3.08. The molecule has 7 amide bonds. The normalized spacial score (nSPS) is 25.6. The van der Waals surface area contributed by atoms with Crippen LogP contribution in [0, 0.1) is 0 Å². The first-order valence-corrected chi connectivity index (χ1v) is 10.5. The van der Waals surface area contributed by atoms with E-state index in [-0.39, 0.29) is 19.0 Å². The number of fused-ring (bicyclic) bond motifs is 1. The molecular formula is C23H21N5O6. The Bertz CT molecular complexity index is 1280. The van der Waals surface area contributed by atoms with Gasteiger partial charge < -0.3 is 20.3 Å². The van der Waals surface area contributed by atoms with Crippen molar-refractivity contribution in [3.63, 3.8) is 0 Å². The van der Waals surface area contributed by atoms with Gasteiger partial charge in [-0.15, -0.1) is 0 Å². The van der Waals surface area contributed by atoms with Crippen LogP contribution in [0.5, 0.6) is 5.75 Å². The number of ether oxygens (including phenoxy) is 1. The Balaban J connectivity index is 1.48. The molecule has 11 nitrogen and oxygen atoms in total. The zero-order valence-corrected chi connectivity index (χ0v) is 18.4. The highest BCUT2D eigenvalue weighted by Crippen LogP contribution is 2.34. The molecule has 2 aromatic rings. The van der Waals surface area contributed by atoms with Crippen molar-refractivity contribution < 1.29 is 28.7 Å². The average Bonchev–Trinajstić information content (AvgIpc) is 3.38. The summed E-state index contributed by atoms with van der Waals surface area (Å²) in [6.45, 7) is 1.73. The summed E-state index contributed by atoms with van der Waals surface area (Å²) in [5.74, 6) is -0.827. The van der Waals surface area contributed by atoms with Crippen molar-refractivity contribution in [1.29, 1.82) is 0 Å². The minimum Gasteiger partial charge on any atom is -0.497 e. The van der Waals surface area contributed by atoms with Crippen molar-refractivity contribution in [3.8, 4) is 5.75 Å². The van der Waals surface area contributed by atoms with Crippen molar-refractivity contribution in [2.24, 2.45) is 0 Å². The molecular weight excluding hydrogens is 442 g/mol. The Morgan fingerprint density at radius 3 is 2.12 bits per heavy atom. The summed E-state index contributed by atoms with van der Waals surface area (Å²) >= 11 is 0. The molecule has 2 atom stereocenters. The number of hydrogen-bond acceptors (Lipinski definition) is 6. The van der Waals surface area contributed by atoms with E-state index in [9.17, 15) is 24.0 Å². The smallest absolute Gasteiger partial charge is 0.322 e. The molecule has 1 unspecified atom stereocenters. The number of nitrogens with one attached hydrogen (secondary N) is 4. The second kappa shape index (κ2) is 7.30. The summed E-state index contributed by atoms with van der Waals surface area (Å²) in [6.07, 6.45) is 0. The molecule has 3 aliphatic rings. The van der Waals surface area contributed by atoms with E-state index in [1.54, 1.807) is 49.4 Å². The first-order valence-electron chi connectivity index (χ1n) is 10.5. The van der Waals surface area contributed by atoms with E-state index in [4.69, 9.17) is 4.74 Å². The van der Waals surface area contributed by atoms with Crippen LogP contribution in [0.1, 0.15) is 34.0 Å². The highest BCUT2D eigenvalue weighted by atomic mass is 16.5. The van der Waals surface area contributed by atoms with Gasteiger partial charge in [-0.3, -0.25) is 25.0 Å². The minimum atomic E-state index is -1.53. The SMILES string of the molecule is COc1ccc2c(c1)C(=O)N(C[C@@]1(c3ccc(C4(C)NC(=O)NC4=O)cc3)NC(=O)NC1=O)C2. The molecule has 2 saturated heterocycles. The molecule has 4 N–H and O–H groups in total. The van der Waals surface area contributed by atoms with Crippen LogP contribution >= 0.6 is 0 Å². The Labute approximate surface area is 193 Å². The van der Waals surface area contributed by atoms with Gasteiger partial charge >= 0.3 is 12.1 Å². The van der Waals surface area contributed by atoms with E-state index in [1.807, 2.05) is 0 Å². The van der Waals surface area contributed by atoms with Crippen LogP contribution in [0.25, 0.3) is 0 Å². The van der Waals surface area contributed by atoms with E-state index >= 15 is 0 Å². The molecule has 0 saturated carbocycles. The lowest BCUT2D eigenvalue weighted by atomic mass is 9.85. The van der Waals surface area contributed by atoms with Crippen LogP contribution in [0.2, 0.25) is 0 Å². The predicted octanol–water partition coefficient (Wildman–Crippen LogP) is 0.441. The summed E-state index contributed by atoms with van der Waals surface area (Å²) in [6, 6.07) is 10.3. The molecule has 3 heterocycles. The number of imide groups is 2. The van der Waals surface area contributed by atoms with Gasteiger partial charge in [0.25, 0.3) is 17.7 Å². The lowest BCUT2D eigenvalue weighted by Crippen LogP contribution is -2.52. The standard InChI is InChI=1S/C23H21N5O6/c1-22(18(30)24-20(32)26-22)13-4-6-14(7-5-13)23(19(31)25-21(33)27-23)11-28-10-12-3-8-15(34-2)9-16(12)17(28)29/h3-9H,10-11H2,1-2H3,(H2,24,26,30,32)(H2,25,27,31,33)/t22?,23-/m0/s1. The molecule has 0 aliphatic carbocycles. The number of amides is 7. The van der Waals surface area contributed by atoms with E-state index in [0.29, 0.717) is 22.4 Å². The number of methoxy groups -OCH3 is 1. The van der Waals surface area contributed by atoms with Gasteiger partial charge in [-0.2, -0.15) is 0 Å². The van der Waals surface area contributed by atoms with Gasteiger partial charge in [0.1, 0.15) is 11.3 Å². The second-order valence-electron chi connectivity index (χ2n) is 8.61. The highest BCUT2D eigenvalue weighted by Gasteiger charge is 2.51. The number of rotatable bonds is 5. The maximum atomic E-state index is 13.1. The third-order valence-electron chi connectivity index (χ3n) is 6.57. The van der Waals surface area contributed by atoms with E-state index in [1.165, 1.54) is 12.0 Å². The first-order chi connectivity index (χ1) is 16.2. The summed E-state index contributed by atoms with van der Waals surface area (Å²) in [5, 5.41) is 9.72. The Hall–Kier alpha value is -4.41. The minimum absolute atomic E-state index is 0.103. The van der Waals surface area contributed by atoms with Gasteiger partial charge in [-0.1, -0.05) is 30.3 Å². The quantitative estimate of drug-likeness (QED) is 0.474. The Morgan fingerprint density at radius 2 is 1.53 bits per heavy atom. The predicted molar refractivity (Wildman–Crippen MR) is 117 cm³/mol. The number of nitrogens with zero attached hydrogens (tertiary/aromatic N) is 1. The molecule has 34 heavy (non-hydrogen) atoms. The molecule has 0 spiro atoms. The van der Waals surface area contributed by atoms with E-state index in [2.05, 4.69) is 21.3 Å². The van der Waals surface area contributed by atoms with Crippen LogP contribution in [0.3, 0.4) is 0 Å². The fraction of sp³-hybridized carbons (Fsp3) is 0.261. The molecule has 11 heteroatoms. The Kier molecular flexibility index (Phi) is 4.60. The van der Waals surface area contributed by atoms with Gasteiger partial charge in [0, 0.05) is 12.1 Å². The lowest BCUT2D eigenvalue weighted by molar-refractivity contribution is -0.125. The van der Waals surface area contributed by atoms with Gasteiger partial charge in [0.2, 0.25) is 0 Å². The van der Waals surface area contributed by atoms with Crippen LogP contribution < -0.4 is 26.0 Å². The number of hydrogen-bond donors (Lipinski definition) is 4. The molecule has 2 fully saturated rings. The van der Waals surface area contributed by atoms with Crippen LogP contribution in [0.4, 0.5) is 9.59 Å². The van der Waals surface area contributed by atoms with Crippen LogP contribution in [-0.4, -0.2) is 48.3 Å².